The zero-order valence-corrected chi connectivity index (χ0v) is 11.6. The summed E-state index contributed by atoms with van der Waals surface area (Å²) in [6.45, 7) is 0. The van der Waals surface area contributed by atoms with Crippen molar-refractivity contribution in [1.29, 1.82) is 0 Å². The Morgan fingerprint density at radius 3 is 2.50 bits per heavy atom. The van der Waals surface area contributed by atoms with Crippen molar-refractivity contribution in [3.8, 4) is 0 Å². The maximum atomic E-state index is 6.02. The van der Waals surface area contributed by atoms with Gasteiger partial charge >= 0.3 is 0 Å². The number of anilines is 2. The monoisotopic (exact) mass is 365 g/mol. The van der Waals surface area contributed by atoms with E-state index in [-0.39, 0.29) is 0 Å². The standard InChI is InChI=1S/C10H6Cl2IN3/c11-7-2-1-3-8(9(7)12)16-10-14-4-6(13)5-15-10/h1-5H,(H,14,15,16). The molecule has 0 fully saturated rings. The molecule has 0 unspecified atom stereocenters. The van der Waals surface area contributed by atoms with Crippen LogP contribution in [0.4, 0.5) is 11.6 Å². The molecule has 0 bridgehead atoms. The molecule has 2 aromatic rings. The van der Waals surface area contributed by atoms with Crippen molar-refractivity contribution in [2.75, 3.05) is 5.32 Å². The van der Waals surface area contributed by atoms with Crippen LogP contribution >= 0.6 is 45.8 Å². The predicted molar refractivity (Wildman–Crippen MR) is 74.5 cm³/mol. The fraction of sp³-hybridized carbons (Fsp3) is 0. The summed E-state index contributed by atoms with van der Waals surface area (Å²) >= 11 is 14.1. The van der Waals surface area contributed by atoms with E-state index in [2.05, 4.69) is 37.9 Å². The fourth-order valence-corrected chi connectivity index (χ4v) is 1.72. The first kappa shape index (κ1) is 11.9. The van der Waals surface area contributed by atoms with E-state index in [4.69, 9.17) is 23.2 Å². The summed E-state index contributed by atoms with van der Waals surface area (Å²) in [5.41, 5.74) is 0.690. The molecule has 0 aliphatic rings. The quantitative estimate of drug-likeness (QED) is 0.813. The summed E-state index contributed by atoms with van der Waals surface area (Å²) in [6.07, 6.45) is 3.43. The molecule has 3 nitrogen and oxygen atoms in total. The third-order valence-corrected chi connectivity index (χ3v) is 3.19. The molecule has 16 heavy (non-hydrogen) atoms. The maximum absolute atomic E-state index is 6.02. The number of rotatable bonds is 2. The van der Waals surface area contributed by atoms with E-state index in [1.165, 1.54) is 0 Å². The minimum Gasteiger partial charge on any atom is -0.323 e. The van der Waals surface area contributed by atoms with Crippen LogP contribution in [-0.2, 0) is 0 Å². The molecule has 0 saturated carbocycles. The topological polar surface area (TPSA) is 37.8 Å². The molecule has 0 atom stereocenters. The number of hydrogen-bond acceptors (Lipinski definition) is 3. The van der Waals surface area contributed by atoms with Gasteiger partial charge in [-0.25, -0.2) is 9.97 Å². The van der Waals surface area contributed by atoms with Crippen LogP contribution in [0.15, 0.2) is 30.6 Å². The molecule has 1 aromatic carbocycles. The highest BCUT2D eigenvalue weighted by atomic mass is 127. The predicted octanol–water partition coefficient (Wildman–Crippen LogP) is 4.13. The molecule has 0 aliphatic heterocycles. The summed E-state index contributed by atoms with van der Waals surface area (Å²) in [5.74, 6) is 0.490. The van der Waals surface area contributed by atoms with E-state index in [1.54, 1.807) is 18.5 Å². The highest BCUT2D eigenvalue weighted by Gasteiger charge is 2.05. The Bertz CT molecular complexity index is 502. The Morgan fingerprint density at radius 2 is 1.81 bits per heavy atom. The smallest absolute Gasteiger partial charge is 0.227 e. The normalized spacial score (nSPS) is 10.2. The lowest BCUT2D eigenvalue weighted by Crippen LogP contribution is -1.97. The van der Waals surface area contributed by atoms with Gasteiger partial charge in [-0.15, -0.1) is 0 Å². The van der Waals surface area contributed by atoms with E-state index in [1.807, 2.05) is 12.1 Å². The van der Waals surface area contributed by atoms with E-state index >= 15 is 0 Å². The second-order valence-electron chi connectivity index (χ2n) is 2.95. The Labute approximate surface area is 116 Å². The minimum atomic E-state index is 0.464. The lowest BCUT2D eigenvalue weighted by Gasteiger charge is -2.07. The zero-order chi connectivity index (χ0) is 11.5. The Balaban J connectivity index is 2.27. The molecule has 1 heterocycles. The number of nitrogens with zero attached hydrogens (tertiary/aromatic N) is 2. The van der Waals surface area contributed by atoms with Crippen molar-refractivity contribution in [2.45, 2.75) is 0 Å². The zero-order valence-electron chi connectivity index (χ0n) is 7.92. The van der Waals surface area contributed by atoms with Gasteiger partial charge in [0.2, 0.25) is 5.95 Å². The van der Waals surface area contributed by atoms with Gasteiger partial charge in [-0.05, 0) is 34.7 Å². The molecule has 82 valence electrons. The van der Waals surface area contributed by atoms with Crippen molar-refractivity contribution in [3.05, 3.63) is 44.2 Å². The van der Waals surface area contributed by atoms with Gasteiger partial charge < -0.3 is 5.32 Å². The summed E-state index contributed by atoms with van der Waals surface area (Å²) in [7, 11) is 0. The maximum Gasteiger partial charge on any atom is 0.227 e. The first-order valence-corrected chi connectivity index (χ1v) is 6.19. The van der Waals surface area contributed by atoms with Crippen LogP contribution in [0.1, 0.15) is 0 Å². The van der Waals surface area contributed by atoms with Crippen molar-refractivity contribution in [1.82, 2.24) is 9.97 Å². The summed E-state index contributed by atoms with van der Waals surface area (Å²) in [4.78, 5) is 8.23. The fourth-order valence-electron chi connectivity index (χ4n) is 1.10. The van der Waals surface area contributed by atoms with E-state index in [9.17, 15) is 0 Å². The van der Waals surface area contributed by atoms with E-state index < -0.39 is 0 Å². The molecular formula is C10H6Cl2IN3. The number of hydrogen-bond donors (Lipinski definition) is 1. The molecule has 2 rings (SSSR count). The number of halogens is 3. The number of nitrogens with one attached hydrogen (secondary N) is 1. The largest absolute Gasteiger partial charge is 0.323 e. The average molecular weight is 366 g/mol. The lowest BCUT2D eigenvalue weighted by molar-refractivity contribution is 1.15. The third kappa shape index (κ3) is 2.75. The summed E-state index contributed by atoms with van der Waals surface area (Å²) in [5, 5.41) is 3.96. The summed E-state index contributed by atoms with van der Waals surface area (Å²) in [6, 6.07) is 5.35. The second kappa shape index (κ2) is 5.16. The third-order valence-electron chi connectivity index (χ3n) is 1.82. The SMILES string of the molecule is Clc1cccc(Nc2ncc(I)cn2)c1Cl. The Hall–Kier alpha value is -0.590. The van der Waals surface area contributed by atoms with Gasteiger partial charge in [0.1, 0.15) is 0 Å². The van der Waals surface area contributed by atoms with Gasteiger partial charge in [-0.3, -0.25) is 0 Å². The van der Waals surface area contributed by atoms with Crippen molar-refractivity contribution >= 4 is 57.4 Å². The van der Waals surface area contributed by atoms with Crippen LogP contribution in [0.2, 0.25) is 10.0 Å². The molecule has 6 heteroatoms. The Kier molecular flexibility index (Phi) is 3.83. The van der Waals surface area contributed by atoms with Crippen LogP contribution in [0, 0.1) is 3.57 Å². The van der Waals surface area contributed by atoms with Gasteiger partial charge in [0.05, 0.1) is 15.7 Å². The summed E-state index contributed by atoms with van der Waals surface area (Å²) < 4.78 is 0.973. The highest BCUT2D eigenvalue weighted by Crippen LogP contribution is 2.30. The number of benzene rings is 1. The first-order valence-electron chi connectivity index (χ1n) is 4.35. The van der Waals surface area contributed by atoms with Gasteiger partial charge in [0.25, 0.3) is 0 Å². The van der Waals surface area contributed by atoms with Crippen molar-refractivity contribution in [3.63, 3.8) is 0 Å². The van der Waals surface area contributed by atoms with Crippen LogP contribution in [0.3, 0.4) is 0 Å². The van der Waals surface area contributed by atoms with Crippen molar-refractivity contribution < 1.29 is 0 Å². The number of aromatic nitrogens is 2. The van der Waals surface area contributed by atoms with Gasteiger partial charge in [-0.2, -0.15) is 0 Å². The van der Waals surface area contributed by atoms with Crippen LogP contribution in [0.5, 0.6) is 0 Å². The molecular weight excluding hydrogens is 360 g/mol. The first-order chi connectivity index (χ1) is 7.66. The van der Waals surface area contributed by atoms with E-state index in [0.717, 1.165) is 3.57 Å². The van der Waals surface area contributed by atoms with Gasteiger partial charge in [-0.1, -0.05) is 29.3 Å². The van der Waals surface area contributed by atoms with Crippen LogP contribution in [-0.4, -0.2) is 9.97 Å². The van der Waals surface area contributed by atoms with Crippen LogP contribution < -0.4 is 5.32 Å². The molecule has 0 amide bonds. The molecule has 0 spiro atoms. The molecule has 0 radical (unpaired) electrons. The average Bonchev–Trinajstić information content (AvgIpc) is 2.28. The molecule has 1 aromatic heterocycles. The lowest BCUT2D eigenvalue weighted by atomic mass is 10.3. The van der Waals surface area contributed by atoms with Crippen LogP contribution in [0.25, 0.3) is 0 Å². The van der Waals surface area contributed by atoms with E-state index in [0.29, 0.717) is 21.7 Å². The molecule has 1 N–H and O–H groups in total. The second-order valence-corrected chi connectivity index (χ2v) is 4.98. The van der Waals surface area contributed by atoms with Gasteiger partial charge in [0, 0.05) is 16.0 Å². The molecule has 0 saturated heterocycles. The van der Waals surface area contributed by atoms with Gasteiger partial charge in [0.15, 0.2) is 0 Å². The molecule has 0 aliphatic carbocycles. The highest BCUT2D eigenvalue weighted by molar-refractivity contribution is 14.1. The Morgan fingerprint density at radius 1 is 1.12 bits per heavy atom. The van der Waals surface area contributed by atoms with Crippen molar-refractivity contribution in [2.24, 2.45) is 0 Å². The minimum absolute atomic E-state index is 0.464.